The molecule has 0 fully saturated rings. The summed E-state index contributed by atoms with van der Waals surface area (Å²) in [5.74, 6) is 1.33. The van der Waals surface area contributed by atoms with Gasteiger partial charge in [-0.3, -0.25) is 4.79 Å². The van der Waals surface area contributed by atoms with Crippen molar-refractivity contribution in [3.8, 4) is 17.2 Å². The average molecular weight is 559 g/mol. The van der Waals surface area contributed by atoms with Gasteiger partial charge in [0.1, 0.15) is 30.5 Å². The van der Waals surface area contributed by atoms with Crippen molar-refractivity contribution in [3.63, 3.8) is 0 Å². The Kier molecular flexibility index (Phi) is 16.6. The summed E-state index contributed by atoms with van der Waals surface area (Å²) in [6, 6.07) is 16.8. The molecule has 2 rings (SSSR count). The number of carbonyl (C=O) groups excluding carboxylic acids is 2. The van der Waals surface area contributed by atoms with Crippen molar-refractivity contribution in [2.75, 3.05) is 52.9 Å². The number of hydrogen-bond acceptors (Lipinski definition) is 9. The van der Waals surface area contributed by atoms with E-state index in [-0.39, 0.29) is 26.2 Å². The smallest absolute Gasteiger partial charge is 0.333 e. The monoisotopic (exact) mass is 558 g/mol. The first kappa shape index (κ1) is 32.7. The minimum absolute atomic E-state index is 0.115. The minimum atomic E-state index is -0.569. The highest BCUT2D eigenvalue weighted by atomic mass is 16.6. The van der Waals surface area contributed by atoms with Gasteiger partial charge < -0.3 is 33.2 Å². The number of esters is 2. The Morgan fingerprint density at radius 3 is 2.17 bits per heavy atom. The van der Waals surface area contributed by atoms with Crippen LogP contribution in [0.15, 0.2) is 66.7 Å². The van der Waals surface area contributed by atoms with Gasteiger partial charge in [-0.15, -0.1) is 0 Å². The molecule has 9 nitrogen and oxygen atoms in total. The molecule has 1 unspecified atom stereocenters. The number of benzene rings is 2. The lowest BCUT2D eigenvalue weighted by atomic mass is 10.3. The number of hydrogen-bond donors (Lipinski definition) is 0. The van der Waals surface area contributed by atoms with Crippen molar-refractivity contribution in [1.82, 2.24) is 0 Å². The van der Waals surface area contributed by atoms with Crippen molar-refractivity contribution in [1.29, 1.82) is 0 Å². The van der Waals surface area contributed by atoms with E-state index in [0.717, 1.165) is 24.3 Å². The van der Waals surface area contributed by atoms with Gasteiger partial charge in [0.25, 0.3) is 0 Å². The molecule has 1 atom stereocenters. The summed E-state index contributed by atoms with van der Waals surface area (Å²) in [4.78, 5) is 23.8. The Labute approximate surface area is 237 Å². The molecule has 2 aromatic carbocycles. The summed E-state index contributed by atoms with van der Waals surface area (Å²) in [6.07, 6.45) is 1.53. The van der Waals surface area contributed by atoms with Crippen LogP contribution in [0.5, 0.6) is 17.2 Å². The maximum Gasteiger partial charge on any atom is 0.333 e. The van der Waals surface area contributed by atoms with Crippen LogP contribution >= 0.6 is 0 Å². The number of rotatable bonds is 22. The van der Waals surface area contributed by atoms with Crippen LogP contribution < -0.4 is 14.2 Å². The van der Waals surface area contributed by atoms with E-state index in [1.807, 2.05) is 61.5 Å². The molecule has 40 heavy (non-hydrogen) atoms. The van der Waals surface area contributed by atoms with E-state index in [2.05, 4.69) is 6.58 Å². The first-order valence-corrected chi connectivity index (χ1v) is 13.7. The summed E-state index contributed by atoms with van der Waals surface area (Å²) in [7, 11) is 0. The third-order valence-corrected chi connectivity index (χ3v) is 5.33. The van der Waals surface area contributed by atoms with Gasteiger partial charge in [-0.05, 0) is 57.4 Å². The third-order valence-electron chi connectivity index (χ3n) is 5.33. The van der Waals surface area contributed by atoms with Crippen molar-refractivity contribution < 1.29 is 42.7 Å². The summed E-state index contributed by atoms with van der Waals surface area (Å²) in [6.45, 7) is 10.2. The van der Waals surface area contributed by atoms with Gasteiger partial charge in [0.05, 0.1) is 26.4 Å². The van der Waals surface area contributed by atoms with E-state index in [1.165, 1.54) is 0 Å². The largest absolute Gasteiger partial charge is 0.494 e. The van der Waals surface area contributed by atoms with Crippen LogP contribution in [0.4, 0.5) is 0 Å². The number of carbonyl (C=O) groups is 2. The van der Waals surface area contributed by atoms with Crippen molar-refractivity contribution >= 4 is 11.9 Å². The highest BCUT2D eigenvalue weighted by Gasteiger charge is 2.16. The van der Waals surface area contributed by atoms with Gasteiger partial charge in [0.15, 0.2) is 6.10 Å². The molecule has 0 aliphatic heterocycles. The molecule has 0 heterocycles. The van der Waals surface area contributed by atoms with Crippen LogP contribution in [0.2, 0.25) is 0 Å². The number of unbranched alkanes of at least 4 members (excludes halogenated alkanes) is 1. The standard InChI is InChI=1S/C31H42O9/c1-4-36-27-14-10-15-28(22-27)37-21-20-34-17-8-9-18-35-23-29(24-39-26-12-6-5-7-13-26)40-30(32)16-11-19-38-31(33)25(2)3/h5-7,10,12-15,22,29H,2,4,8-9,11,16-21,23-24H2,1,3H3. The lowest BCUT2D eigenvalue weighted by molar-refractivity contribution is -0.155. The summed E-state index contributed by atoms with van der Waals surface area (Å²) in [5.41, 5.74) is 0.318. The van der Waals surface area contributed by atoms with Gasteiger partial charge in [-0.1, -0.05) is 30.8 Å². The second kappa shape index (κ2) is 20.4. The van der Waals surface area contributed by atoms with Crippen LogP contribution in [0, 0.1) is 0 Å². The minimum Gasteiger partial charge on any atom is -0.494 e. The van der Waals surface area contributed by atoms with E-state index in [0.29, 0.717) is 50.8 Å². The predicted molar refractivity (Wildman–Crippen MR) is 151 cm³/mol. The first-order valence-electron chi connectivity index (χ1n) is 13.7. The number of para-hydroxylation sites is 1. The number of ether oxygens (including phenoxy) is 7. The molecular formula is C31H42O9. The molecule has 0 aromatic heterocycles. The van der Waals surface area contributed by atoms with E-state index in [9.17, 15) is 9.59 Å². The van der Waals surface area contributed by atoms with Gasteiger partial charge in [0.2, 0.25) is 0 Å². The van der Waals surface area contributed by atoms with Crippen LogP contribution in [-0.2, 0) is 28.5 Å². The van der Waals surface area contributed by atoms with Gasteiger partial charge >= 0.3 is 11.9 Å². The van der Waals surface area contributed by atoms with Crippen molar-refractivity contribution in [2.24, 2.45) is 0 Å². The highest BCUT2D eigenvalue weighted by Crippen LogP contribution is 2.19. The quantitative estimate of drug-likeness (QED) is 0.110. The van der Waals surface area contributed by atoms with E-state index >= 15 is 0 Å². The fourth-order valence-electron chi connectivity index (χ4n) is 3.34. The summed E-state index contributed by atoms with van der Waals surface area (Å²) < 4.78 is 38.9. The zero-order valence-corrected chi connectivity index (χ0v) is 23.6. The molecule has 0 bridgehead atoms. The Balaban J connectivity index is 1.60. The molecule has 0 aliphatic rings. The maximum atomic E-state index is 12.3. The molecule has 0 aliphatic carbocycles. The van der Waals surface area contributed by atoms with Gasteiger partial charge in [-0.25, -0.2) is 4.79 Å². The van der Waals surface area contributed by atoms with E-state index in [4.69, 9.17) is 33.2 Å². The lowest BCUT2D eigenvalue weighted by Gasteiger charge is -2.19. The second-order valence-corrected chi connectivity index (χ2v) is 8.91. The lowest BCUT2D eigenvalue weighted by Crippen LogP contribution is -2.30. The van der Waals surface area contributed by atoms with E-state index in [1.54, 1.807) is 6.92 Å². The average Bonchev–Trinajstić information content (AvgIpc) is 2.95. The molecule has 220 valence electrons. The van der Waals surface area contributed by atoms with Crippen LogP contribution in [-0.4, -0.2) is 70.9 Å². The molecule has 0 spiro atoms. The fraction of sp³-hybridized carbons (Fsp3) is 0.484. The van der Waals surface area contributed by atoms with Crippen LogP contribution in [0.25, 0.3) is 0 Å². The predicted octanol–water partition coefficient (Wildman–Crippen LogP) is 5.17. The molecule has 0 N–H and O–H groups in total. The SMILES string of the molecule is C=C(C)C(=O)OCCCC(=O)OC(COCCCCOCCOc1cccc(OCC)c1)COc1ccccc1. The Morgan fingerprint density at radius 1 is 0.750 bits per heavy atom. The molecule has 0 radical (unpaired) electrons. The molecule has 0 amide bonds. The Hall–Kier alpha value is -3.56. The molecule has 0 saturated carbocycles. The highest BCUT2D eigenvalue weighted by molar-refractivity contribution is 5.86. The zero-order chi connectivity index (χ0) is 28.8. The topological polar surface area (TPSA) is 98.8 Å². The Morgan fingerprint density at radius 2 is 1.45 bits per heavy atom. The normalized spacial score (nSPS) is 11.3. The summed E-state index contributed by atoms with van der Waals surface area (Å²) >= 11 is 0. The van der Waals surface area contributed by atoms with Crippen LogP contribution in [0.3, 0.4) is 0 Å². The first-order chi connectivity index (χ1) is 19.5. The Bertz CT molecular complexity index is 993. The van der Waals surface area contributed by atoms with E-state index < -0.39 is 18.0 Å². The van der Waals surface area contributed by atoms with Crippen LogP contribution in [0.1, 0.15) is 39.5 Å². The fourth-order valence-corrected chi connectivity index (χ4v) is 3.34. The molecule has 0 saturated heterocycles. The van der Waals surface area contributed by atoms with Crippen molar-refractivity contribution in [3.05, 3.63) is 66.7 Å². The third kappa shape index (κ3) is 15.1. The zero-order valence-electron chi connectivity index (χ0n) is 23.6. The second-order valence-electron chi connectivity index (χ2n) is 8.91. The van der Waals surface area contributed by atoms with Gasteiger partial charge in [-0.2, -0.15) is 0 Å². The molecular weight excluding hydrogens is 516 g/mol. The van der Waals surface area contributed by atoms with Crippen molar-refractivity contribution in [2.45, 2.75) is 45.6 Å². The maximum absolute atomic E-state index is 12.3. The van der Waals surface area contributed by atoms with Gasteiger partial charge in [0, 0.05) is 31.3 Å². The molecule has 2 aromatic rings. The summed E-state index contributed by atoms with van der Waals surface area (Å²) in [5, 5.41) is 0. The molecule has 9 heteroatoms.